The third-order valence-electron chi connectivity index (χ3n) is 7.84. The lowest BCUT2D eigenvalue weighted by atomic mass is 10.1. The van der Waals surface area contributed by atoms with E-state index < -0.39 is 13.9 Å². The van der Waals surface area contributed by atoms with Crippen molar-refractivity contribution in [3.05, 3.63) is 96.6 Å². The van der Waals surface area contributed by atoms with Crippen LogP contribution in [0.4, 0.5) is 4.79 Å². The number of amides is 1. The monoisotopic (exact) mass is 602 g/mol. The summed E-state index contributed by atoms with van der Waals surface area (Å²) < 4.78 is 19.7. The summed E-state index contributed by atoms with van der Waals surface area (Å²) in [7, 11) is -2.74. The van der Waals surface area contributed by atoms with Crippen molar-refractivity contribution in [3.8, 4) is 0 Å². The highest BCUT2D eigenvalue weighted by Crippen LogP contribution is 2.37. The van der Waals surface area contributed by atoms with Gasteiger partial charge in [-0.25, -0.2) is 4.79 Å². The van der Waals surface area contributed by atoms with E-state index in [2.05, 4.69) is 111 Å². The van der Waals surface area contributed by atoms with Crippen LogP contribution in [0.5, 0.6) is 0 Å². The number of carbonyl (C=O) groups is 1. The van der Waals surface area contributed by atoms with Crippen LogP contribution in [0.15, 0.2) is 91.0 Å². The molecule has 43 heavy (non-hydrogen) atoms. The van der Waals surface area contributed by atoms with Gasteiger partial charge < -0.3 is 24.1 Å². The molecule has 1 saturated heterocycles. The van der Waals surface area contributed by atoms with Gasteiger partial charge in [0, 0.05) is 6.54 Å². The molecule has 0 bridgehead atoms. The Bertz CT molecular complexity index is 1220. The lowest BCUT2D eigenvalue weighted by Crippen LogP contribution is -2.67. The van der Waals surface area contributed by atoms with E-state index >= 15 is 0 Å². The smallest absolute Gasteiger partial charge is 0.410 e. The second kappa shape index (κ2) is 14.7. The summed E-state index contributed by atoms with van der Waals surface area (Å²) in [5.74, 6) is 0. The third-order valence-corrected chi connectivity index (χ3v) is 12.8. The Balaban J connectivity index is 1.50. The molecule has 1 unspecified atom stereocenters. The van der Waals surface area contributed by atoms with Crippen molar-refractivity contribution >= 4 is 24.8 Å². The van der Waals surface area contributed by atoms with Gasteiger partial charge in [-0.05, 0) is 61.1 Å². The number of ether oxygens (including phenoxy) is 2. The van der Waals surface area contributed by atoms with Crippen LogP contribution in [0.2, 0.25) is 5.04 Å². The summed E-state index contributed by atoms with van der Waals surface area (Å²) in [5, 5.41) is 5.86. The molecule has 1 heterocycles. The molecule has 0 saturated carbocycles. The molecule has 0 spiro atoms. The molecule has 0 radical (unpaired) electrons. The Morgan fingerprint density at radius 2 is 1.37 bits per heavy atom. The number of benzene rings is 3. The van der Waals surface area contributed by atoms with Crippen LogP contribution in [0.3, 0.4) is 0 Å². The lowest BCUT2D eigenvalue weighted by molar-refractivity contribution is -0.103. The minimum atomic E-state index is -2.74. The van der Waals surface area contributed by atoms with E-state index in [1.165, 1.54) is 15.9 Å². The molecule has 1 N–H and O–H groups in total. The van der Waals surface area contributed by atoms with E-state index in [0.717, 1.165) is 25.9 Å². The Hall–Kier alpha value is -2.97. The highest BCUT2D eigenvalue weighted by atomic mass is 28.4. The Morgan fingerprint density at radius 1 is 0.837 bits per heavy atom. The molecule has 2 atom stereocenters. The average molecular weight is 603 g/mol. The van der Waals surface area contributed by atoms with Gasteiger partial charge >= 0.3 is 6.09 Å². The molecule has 1 fully saturated rings. The zero-order valence-corrected chi connectivity index (χ0v) is 27.8. The molecule has 6 nitrogen and oxygen atoms in total. The summed E-state index contributed by atoms with van der Waals surface area (Å²) in [6, 6.07) is 31.7. The van der Waals surface area contributed by atoms with Gasteiger partial charge in [0.25, 0.3) is 8.32 Å². The molecule has 4 rings (SSSR count). The van der Waals surface area contributed by atoms with Gasteiger partial charge in [-0.1, -0.05) is 112 Å². The SMILES string of the molecule is CC(C)(C)OC(=O)N1CC(CCCNCc2ccccc2)O[C@H](CO[Si](c2ccccc2)(c2ccccc2)C(C)(C)C)C1. The first kappa shape index (κ1) is 32.9. The first-order valence-electron chi connectivity index (χ1n) is 15.6. The topological polar surface area (TPSA) is 60.0 Å². The first-order chi connectivity index (χ1) is 20.5. The molecule has 0 aliphatic carbocycles. The van der Waals surface area contributed by atoms with E-state index in [1.54, 1.807) is 0 Å². The number of nitrogens with one attached hydrogen (secondary N) is 1. The van der Waals surface area contributed by atoms with E-state index in [4.69, 9.17) is 13.9 Å². The molecule has 232 valence electrons. The lowest BCUT2D eigenvalue weighted by Gasteiger charge is -2.45. The molecule has 1 amide bonds. The number of carbonyl (C=O) groups excluding carboxylic acids is 1. The second-order valence-electron chi connectivity index (χ2n) is 13.5. The predicted molar refractivity (Wildman–Crippen MR) is 177 cm³/mol. The number of hydrogen-bond donors (Lipinski definition) is 1. The molecular weight excluding hydrogens is 552 g/mol. The second-order valence-corrected chi connectivity index (χ2v) is 17.9. The van der Waals surface area contributed by atoms with Crippen LogP contribution < -0.4 is 15.7 Å². The maximum Gasteiger partial charge on any atom is 0.410 e. The van der Waals surface area contributed by atoms with E-state index in [0.29, 0.717) is 19.7 Å². The van der Waals surface area contributed by atoms with Crippen molar-refractivity contribution in [2.45, 2.75) is 83.8 Å². The van der Waals surface area contributed by atoms with Crippen LogP contribution in [-0.2, 0) is 20.4 Å². The van der Waals surface area contributed by atoms with E-state index in [-0.39, 0.29) is 23.3 Å². The van der Waals surface area contributed by atoms with Crippen LogP contribution in [0.25, 0.3) is 0 Å². The van der Waals surface area contributed by atoms with Crippen molar-refractivity contribution in [3.63, 3.8) is 0 Å². The zero-order chi connectivity index (χ0) is 30.9. The van der Waals surface area contributed by atoms with Crippen molar-refractivity contribution in [1.82, 2.24) is 10.2 Å². The summed E-state index contributed by atoms with van der Waals surface area (Å²) in [6.45, 7) is 15.6. The minimum absolute atomic E-state index is 0.0902. The van der Waals surface area contributed by atoms with Gasteiger partial charge in [0.1, 0.15) is 5.60 Å². The van der Waals surface area contributed by atoms with Crippen LogP contribution in [0, 0.1) is 0 Å². The highest BCUT2D eigenvalue weighted by molar-refractivity contribution is 6.99. The standard InChI is InChI=1S/C36H50N2O4Si/c1-35(2,3)42-34(39)38-26-30(19-16-24-37-25-29-17-10-7-11-18-29)41-31(27-38)28-40-43(36(4,5)6,32-20-12-8-13-21-32)33-22-14-9-15-23-33/h7-15,17-18,20-23,30-31,37H,16,19,24-28H2,1-6H3/t30?,31-/m0/s1. The van der Waals surface area contributed by atoms with Gasteiger partial charge in [0.2, 0.25) is 0 Å². The van der Waals surface area contributed by atoms with Crippen molar-refractivity contribution in [1.29, 1.82) is 0 Å². The maximum absolute atomic E-state index is 13.2. The van der Waals surface area contributed by atoms with Gasteiger partial charge in [0.05, 0.1) is 31.9 Å². The van der Waals surface area contributed by atoms with Gasteiger partial charge in [0.15, 0.2) is 0 Å². The third kappa shape index (κ3) is 9.02. The number of hydrogen-bond acceptors (Lipinski definition) is 5. The Morgan fingerprint density at radius 3 is 1.91 bits per heavy atom. The normalized spacial score (nSPS) is 18.0. The van der Waals surface area contributed by atoms with Crippen LogP contribution in [0.1, 0.15) is 59.9 Å². The molecule has 7 heteroatoms. The van der Waals surface area contributed by atoms with Gasteiger partial charge in [-0.3, -0.25) is 0 Å². The van der Waals surface area contributed by atoms with E-state index in [1.807, 2.05) is 31.7 Å². The summed E-state index contributed by atoms with van der Waals surface area (Å²) in [6.07, 6.45) is 1.15. The summed E-state index contributed by atoms with van der Waals surface area (Å²) in [4.78, 5) is 15.1. The largest absolute Gasteiger partial charge is 0.444 e. The average Bonchev–Trinajstić information content (AvgIpc) is 2.97. The fourth-order valence-electron chi connectivity index (χ4n) is 5.91. The summed E-state index contributed by atoms with van der Waals surface area (Å²) in [5.41, 5.74) is 0.709. The van der Waals surface area contributed by atoms with Crippen LogP contribution >= 0.6 is 0 Å². The molecular formula is C36H50N2O4Si. The zero-order valence-electron chi connectivity index (χ0n) is 26.8. The molecule has 1 aliphatic rings. The number of rotatable bonds is 11. The first-order valence-corrected chi connectivity index (χ1v) is 17.5. The maximum atomic E-state index is 13.2. The minimum Gasteiger partial charge on any atom is -0.444 e. The van der Waals surface area contributed by atoms with Gasteiger partial charge in [-0.2, -0.15) is 0 Å². The van der Waals surface area contributed by atoms with Crippen molar-refractivity contribution in [2.75, 3.05) is 26.2 Å². The van der Waals surface area contributed by atoms with Gasteiger partial charge in [-0.15, -0.1) is 0 Å². The number of nitrogens with zero attached hydrogens (tertiary/aromatic N) is 1. The molecule has 0 aromatic heterocycles. The van der Waals surface area contributed by atoms with E-state index in [9.17, 15) is 4.79 Å². The van der Waals surface area contributed by atoms with Crippen molar-refractivity contribution in [2.24, 2.45) is 0 Å². The fraction of sp³-hybridized carbons (Fsp3) is 0.472. The molecule has 3 aromatic rings. The summed E-state index contributed by atoms with van der Waals surface area (Å²) >= 11 is 0. The highest BCUT2D eigenvalue weighted by Gasteiger charge is 2.50. The number of morpholine rings is 1. The molecule has 1 aliphatic heterocycles. The predicted octanol–water partition coefficient (Wildman–Crippen LogP) is 6.14. The van der Waals surface area contributed by atoms with Crippen molar-refractivity contribution < 1.29 is 18.7 Å². The van der Waals surface area contributed by atoms with Crippen LogP contribution in [-0.4, -0.2) is 63.4 Å². The fourth-order valence-corrected chi connectivity index (χ4v) is 10.5. The molecule has 3 aromatic carbocycles. The Labute approximate surface area is 259 Å². The quantitative estimate of drug-likeness (QED) is 0.211. The Kier molecular flexibility index (Phi) is 11.2.